The fourth-order valence-corrected chi connectivity index (χ4v) is 3.59. The first-order chi connectivity index (χ1) is 13.9. The van der Waals surface area contributed by atoms with Crippen molar-refractivity contribution in [3.05, 3.63) is 29.8 Å². The van der Waals surface area contributed by atoms with Crippen molar-refractivity contribution < 1.29 is 4.79 Å². The second kappa shape index (κ2) is 11.8. The van der Waals surface area contributed by atoms with Crippen LogP contribution < -0.4 is 16.0 Å². The Bertz CT molecular complexity index is 659. The predicted molar refractivity (Wildman–Crippen MR) is 122 cm³/mol. The zero-order chi connectivity index (χ0) is 21.2. The topological polar surface area (TPSA) is 68.8 Å². The van der Waals surface area contributed by atoms with Gasteiger partial charge in [0, 0.05) is 43.3 Å². The maximum absolute atomic E-state index is 12.2. The molecule has 0 heterocycles. The lowest BCUT2D eigenvalue weighted by Gasteiger charge is -2.30. The van der Waals surface area contributed by atoms with E-state index < -0.39 is 0 Å². The largest absolute Gasteiger partial charge is 0.357 e. The van der Waals surface area contributed by atoms with Gasteiger partial charge in [0.15, 0.2) is 5.96 Å². The molecule has 0 bridgehead atoms. The van der Waals surface area contributed by atoms with Crippen LogP contribution in [-0.4, -0.2) is 48.5 Å². The number of amides is 1. The molecule has 6 heteroatoms. The molecule has 6 nitrogen and oxygen atoms in total. The Morgan fingerprint density at radius 2 is 1.90 bits per heavy atom. The van der Waals surface area contributed by atoms with Crippen molar-refractivity contribution in [1.29, 1.82) is 0 Å². The maximum atomic E-state index is 12.2. The van der Waals surface area contributed by atoms with Crippen molar-refractivity contribution in [2.24, 2.45) is 10.9 Å². The van der Waals surface area contributed by atoms with E-state index in [4.69, 9.17) is 4.99 Å². The number of nitrogens with one attached hydrogen (secondary N) is 3. The van der Waals surface area contributed by atoms with Crippen molar-refractivity contribution in [1.82, 2.24) is 15.5 Å². The molecule has 162 valence electrons. The first-order valence-corrected chi connectivity index (χ1v) is 11.1. The van der Waals surface area contributed by atoms with Gasteiger partial charge in [-0.25, -0.2) is 4.99 Å². The zero-order valence-electron chi connectivity index (χ0n) is 18.8. The molecule has 29 heavy (non-hydrogen) atoms. The van der Waals surface area contributed by atoms with E-state index in [0.29, 0.717) is 18.6 Å². The van der Waals surface area contributed by atoms with Crippen LogP contribution in [-0.2, 0) is 11.3 Å². The van der Waals surface area contributed by atoms with Gasteiger partial charge in [-0.15, -0.1) is 0 Å². The van der Waals surface area contributed by atoms with Crippen LogP contribution in [0.5, 0.6) is 0 Å². The van der Waals surface area contributed by atoms with E-state index in [0.717, 1.165) is 49.7 Å². The summed E-state index contributed by atoms with van der Waals surface area (Å²) in [5.41, 5.74) is 1.94. The number of nitrogens with zero attached hydrogens (tertiary/aromatic N) is 2. The van der Waals surface area contributed by atoms with Crippen molar-refractivity contribution >= 4 is 17.6 Å². The van der Waals surface area contributed by atoms with Gasteiger partial charge in [0.05, 0.1) is 6.54 Å². The van der Waals surface area contributed by atoms with Gasteiger partial charge in [-0.05, 0) is 65.2 Å². The van der Waals surface area contributed by atoms with Gasteiger partial charge in [0.2, 0.25) is 5.91 Å². The highest BCUT2D eigenvalue weighted by atomic mass is 16.1. The number of hydrogen-bond donors (Lipinski definition) is 3. The summed E-state index contributed by atoms with van der Waals surface area (Å²) in [5.74, 6) is 1.16. The number of anilines is 1. The van der Waals surface area contributed by atoms with Crippen LogP contribution >= 0.6 is 0 Å². The van der Waals surface area contributed by atoms with E-state index >= 15 is 0 Å². The molecule has 3 N–H and O–H groups in total. The van der Waals surface area contributed by atoms with Gasteiger partial charge in [-0.1, -0.05) is 18.6 Å². The third-order valence-electron chi connectivity index (χ3n) is 5.42. The Kier molecular flexibility index (Phi) is 9.45. The highest BCUT2D eigenvalue weighted by Crippen LogP contribution is 2.27. The third-order valence-corrected chi connectivity index (χ3v) is 5.42. The molecule has 1 aliphatic rings. The molecule has 1 amide bonds. The lowest BCUT2D eigenvalue weighted by molar-refractivity contribution is -0.122. The normalized spacial score (nSPS) is 15.0. The molecule has 0 unspecified atom stereocenters. The van der Waals surface area contributed by atoms with Crippen LogP contribution in [0.1, 0.15) is 59.4 Å². The highest BCUT2D eigenvalue weighted by molar-refractivity contribution is 5.93. The Balaban J connectivity index is 1.90. The van der Waals surface area contributed by atoms with Crippen molar-refractivity contribution in [2.45, 2.75) is 72.5 Å². The first kappa shape index (κ1) is 23.2. The summed E-state index contributed by atoms with van der Waals surface area (Å²) in [7, 11) is 0. The molecule has 0 radical (unpaired) electrons. The number of benzene rings is 1. The summed E-state index contributed by atoms with van der Waals surface area (Å²) < 4.78 is 0. The van der Waals surface area contributed by atoms with E-state index in [1.165, 1.54) is 6.42 Å². The molecule has 2 rings (SSSR count). The van der Waals surface area contributed by atoms with Crippen molar-refractivity contribution in [3.63, 3.8) is 0 Å². The third kappa shape index (κ3) is 7.69. The lowest BCUT2D eigenvalue weighted by Crippen LogP contribution is -2.45. The van der Waals surface area contributed by atoms with E-state index in [1.807, 2.05) is 24.3 Å². The van der Waals surface area contributed by atoms with Crippen LogP contribution in [0.25, 0.3) is 0 Å². The summed E-state index contributed by atoms with van der Waals surface area (Å²) in [4.78, 5) is 19.3. The second-order valence-electron chi connectivity index (χ2n) is 8.36. The highest BCUT2D eigenvalue weighted by Gasteiger charge is 2.25. The van der Waals surface area contributed by atoms with Crippen molar-refractivity contribution in [2.75, 3.05) is 25.0 Å². The fourth-order valence-electron chi connectivity index (χ4n) is 3.59. The summed E-state index contributed by atoms with van der Waals surface area (Å²) in [6.45, 7) is 14.2. The van der Waals surface area contributed by atoms with Gasteiger partial charge in [-0.2, -0.15) is 0 Å². The molecule has 0 saturated heterocycles. The van der Waals surface area contributed by atoms with Crippen molar-refractivity contribution in [3.8, 4) is 0 Å². The summed E-state index contributed by atoms with van der Waals surface area (Å²) in [6, 6.07) is 9.03. The van der Waals surface area contributed by atoms with Gasteiger partial charge in [0.25, 0.3) is 0 Å². The maximum Gasteiger partial charge on any atom is 0.227 e. The van der Waals surface area contributed by atoms with E-state index in [1.54, 1.807) is 0 Å². The smallest absolute Gasteiger partial charge is 0.227 e. The number of carbonyl (C=O) groups is 1. The molecule has 1 saturated carbocycles. The van der Waals surface area contributed by atoms with Gasteiger partial charge in [0.1, 0.15) is 0 Å². The average Bonchev–Trinajstić information content (AvgIpc) is 2.61. The molecule has 1 aliphatic carbocycles. The molecule has 0 aromatic heterocycles. The van der Waals surface area contributed by atoms with E-state index in [9.17, 15) is 4.79 Å². The van der Waals surface area contributed by atoms with Crippen LogP contribution in [0.3, 0.4) is 0 Å². The first-order valence-electron chi connectivity index (χ1n) is 11.1. The molecular weight excluding hydrogens is 362 g/mol. The Morgan fingerprint density at radius 1 is 1.17 bits per heavy atom. The standard InChI is InChI=1S/C23H39N5O/c1-6-24-23(25-13-14-28(17(2)3)18(4)5)26-16-19-9-7-12-21(15-19)27-22(29)20-10-8-11-20/h7,9,12,15,17-18,20H,6,8,10-11,13-14,16H2,1-5H3,(H,27,29)(H2,24,25,26). The average molecular weight is 402 g/mol. The number of rotatable bonds is 10. The predicted octanol–water partition coefficient (Wildman–Crippen LogP) is 3.60. The molecular formula is C23H39N5O. The summed E-state index contributed by atoms with van der Waals surface area (Å²) in [6.07, 6.45) is 3.19. The van der Waals surface area contributed by atoms with Crippen LogP contribution in [0.4, 0.5) is 5.69 Å². The van der Waals surface area contributed by atoms with Crippen LogP contribution in [0, 0.1) is 5.92 Å². The van der Waals surface area contributed by atoms with E-state index in [2.05, 4.69) is 55.5 Å². The molecule has 1 aromatic carbocycles. The summed E-state index contributed by atoms with van der Waals surface area (Å²) >= 11 is 0. The lowest BCUT2D eigenvalue weighted by atomic mass is 9.85. The van der Waals surface area contributed by atoms with Gasteiger partial charge >= 0.3 is 0 Å². The van der Waals surface area contributed by atoms with Gasteiger partial charge < -0.3 is 16.0 Å². The minimum Gasteiger partial charge on any atom is -0.357 e. The Labute approximate surface area is 176 Å². The molecule has 1 fully saturated rings. The number of carbonyl (C=O) groups excluding carboxylic acids is 1. The van der Waals surface area contributed by atoms with Crippen LogP contribution in [0.2, 0.25) is 0 Å². The Morgan fingerprint density at radius 3 is 2.48 bits per heavy atom. The van der Waals surface area contributed by atoms with E-state index in [-0.39, 0.29) is 11.8 Å². The minimum absolute atomic E-state index is 0.145. The quantitative estimate of drug-likeness (QED) is 0.414. The Hall–Kier alpha value is -2.08. The fraction of sp³-hybridized carbons (Fsp3) is 0.652. The molecule has 1 aromatic rings. The van der Waals surface area contributed by atoms with Crippen LogP contribution in [0.15, 0.2) is 29.3 Å². The number of aliphatic imine (C=N–C) groups is 1. The monoisotopic (exact) mass is 401 g/mol. The SMILES string of the molecule is CCNC(=NCc1cccc(NC(=O)C2CCC2)c1)NCCN(C(C)C)C(C)C. The number of guanidine groups is 1. The summed E-state index contributed by atoms with van der Waals surface area (Å²) in [5, 5.41) is 9.79. The molecule has 0 spiro atoms. The number of hydrogen-bond acceptors (Lipinski definition) is 3. The second-order valence-corrected chi connectivity index (χ2v) is 8.36. The molecule has 0 atom stereocenters. The minimum atomic E-state index is 0.145. The molecule has 0 aliphatic heterocycles. The zero-order valence-corrected chi connectivity index (χ0v) is 18.8. The van der Waals surface area contributed by atoms with Gasteiger partial charge in [-0.3, -0.25) is 9.69 Å².